The van der Waals surface area contributed by atoms with Gasteiger partial charge < -0.3 is 14.6 Å². The lowest BCUT2D eigenvalue weighted by atomic mass is 10.2. The van der Waals surface area contributed by atoms with Crippen LogP contribution in [0.15, 0.2) is 47.0 Å². The molecule has 0 aliphatic rings. The lowest BCUT2D eigenvalue weighted by molar-refractivity contribution is 0.101. The minimum Gasteiger partial charge on any atom is -0.489 e. The second-order valence-electron chi connectivity index (χ2n) is 5.39. The van der Waals surface area contributed by atoms with E-state index in [1.807, 2.05) is 0 Å². The molecule has 0 atom stereocenters. The van der Waals surface area contributed by atoms with Gasteiger partial charge in [-0.25, -0.2) is 4.39 Å². The van der Waals surface area contributed by atoms with Crippen LogP contribution in [0.25, 0.3) is 0 Å². The number of aryl methyl sites for hydroxylation is 1. The van der Waals surface area contributed by atoms with Gasteiger partial charge in [0.1, 0.15) is 23.9 Å². The molecule has 0 unspecified atom stereocenters. The van der Waals surface area contributed by atoms with Crippen LogP contribution < -0.4 is 10.1 Å². The summed E-state index contributed by atoms with van der Waals surface area (Å²) in [4.78, 5) is 12.5. The Kier molecular flexibility index (Phi) is 5.44. The molecule has 0 fully saturated rings. The third-order valence-corrected chi connectivity index (χ3v) is 4.31. The lowest BCUT2D eigenvalue weighted by Gasteiger charge is -2.08. The summed E-state index contributed by atoms with van der Waals surface area (Å²) in [7, 11) is 0. The summed E-state index contributed by atoms with van der Waals surface area (Å²) in [5.41, 5.74) is 1.05. The zero-order valence-corrected chi connectivity index (χ0v) is 15.1. The van der Waals surface area contributed by atoms with Crippen molar-refractivity contribution in [3.63, 3.8) is 0 Å². The molecular weight excluding hydrogens is 382 g/mol. The molecule has 1 amide bonds. The van der Waals surface area contributed by atoms with E-state index in [2.05, 4.69) is 10.5 Å². The fourth-order valence-electron chi connectivity index (χ4n) is 2.19. The molecule has 5 nitrogen and oxygen atoms in total. The Morgan fingerprint density at radius 1 is 1.19 bits per heavy atom. The molecule has 3 aromatic rings. The topological polar surface area (TPSA) is 64.4 Å². The zero-order valence-electron chi connectivity index (χ0n) is 13.6. The van der Waals surface area contributed by atoms with Crippen LogP contribution in [0.1, 0.15) is 21.8 Å². The maximum Gasteiger partial charge on any atom is 0.278 e. The van der Waals surface area contributed by atoms with Crippen LogP contribution in [-0.2, 0) is 6.61 Å². The Morgan fingerprint density at radius 2 is 1.92 bits per heavy atom. The predicted molar refractivity (Wildman–Crippen MR) is 96.4 cm³/mol. The Hall–Kier alpha value is -2.57. The number of nitrogens with one attached hydrogen (secondary N) is 1. The van der Waals surface area contributed by atoms with Crippen molar-refractivity contribution < 1.29 is 18.4 Å². The first-order valence-electron chi connectivity index (χ1n) is 7.54. The minimum absolute atomic E-state index is 0.0467. The van der Waals surface area contributed by atoms with Crippen molar-refractivity contribution in [1.29, 1.82) is 0 Å². The van der Waals surface area contributed by atoms with E-state index >= 15 is 0 Å². The first-order valence-corrected chi connectivity index (χ1v) is 8.29. The standard InChI is InChI=1S/C18H13Cl2FN2O3/c1-10-14(9-25-13-5-2-11(21)3-6-13)17(23-26-10)18(24)22-12-4-7-15(19)16(20)8-12/h2-8H,9H2,1H3,(H,22,24). The predicted octanol–water partition coefficient (Wildman–Crippen LogP) is 5.26. The molecule has 0 aliphatic heterocycles. The van der Waals surface area contributed by atoms with E-state index in [-0.39, 0.29) is 18.1 Å². The number of carbonyl (C=O) groups excluding carboxylic acids is 1. The number of hydrogen-bond acceptors (Lipinski definition) is 4. The van der Waals surface area contributed by atoms with Crippen LogP contribution in [0.5, 0.6) is 5.75 Å². The van der Waals surface area contributed by atoms with Gasteiger partial charge >= 0.3 is 0 Å². The average Bonchev–Trinajstić information content (AvgIpc) is 2.98. The summed E-state index contributed by atoms with van der Waals surface area (Å²) < 4.78 is 23.6. The number of amides is 1. The molecule has 1 heterocycles. The fraction of sp³-hybridized carbons (Fsp3) is 0.111. The third-order valence-electron chi connectivity index (χ3n) is 3.57. The van der Waals surface area contributed by atoms with Gasteiger partial charge in [-0.1, -0.05) is 28.4 Å². The van der Waals surface area contributed by atoms with Gasteiger partial charge in [0.2, 0.25) is 0 Å². The molecule has 1 aromatic heterocycles. The summed E-state index contributed by atoms with van der Waals surface area (Å²) >= 11 is 11.8. The van der Waals surface area contributed by atoms with Gasteiger partial charge in [-0.05, 0) is 49.4 Å². The van der Waals surface area contributed by atoms with Crippen molar-refractivity contribution in [2.45, 2.75) is 13.5 Å². The Morgan fingerprint density at radius 3 is 2.62 bits per heavy atom. The normalized spacial score (nSPS) is 10.6. The van der Waals surface area contributed by atoms with E-state index < -0.39 is 5.91 Å². The molecule has 0 bridgehead atoms. The Labute approximate surface area is 158 Å². The first kappa shape index (κ1) is 18.2. The fourth-order valence-corrected chi connectivity index (χ4v) is 2.49. The molecule has 0 spiro atoms. The van der Waals surface area contributed by atoms with Crippen LogP contribution >= 0.6 is 23.2 Å². The highest BCUT2D eigenvalue weighted by Gasteiger charge is 2.21. The largest absolute Gasteiger partial charge is 0.489 e. The highest BCUT2D eigenvalue weighted by atomic mass is 35.5. The molecule has 2 aromatic carbocycles. The number of halogens is 3. The zero-order chi connectivity index (χ0) is 18.7. The SMILES string of the molecule is Cc1onc(C(=O)Nc2ccc(Cl)c(Cl)c2)c1COc1ccc(F)cc1. The van der Waals surface area contributed by atoms with Gasteiger partial charge in [0.25, 0.3) is 5.91 Å². The highest BCUT2D eigenvalue weighted by Crippen LogP contribution is 2.26. The van der Waals surface area contributed by atoms with Crippen molar-refractivity contribution in [3.05, 3.63) is 75.3 Å². The van der Waals surface area contributed by atoms with Crippen molar-refractivity contribution in [2.75, 3.05) is 5.32 Å². The smallest absolute Gasteiger partial charge is 0.278 e. The van der Waals surface area contributed by atoms with E-state index in [0.29, 0.717) is 32.8 Å². The monoisotopic (exact) mass is 394 g/mol. The molecule has 0 aliphatic carbocycles. The molecule has 0 saturated carbocycles. The Bertz CT molecular complexity index is 942. The molecule has 0 saturated heterocycles. The second-order valence-corrected chi connectivity index (χ2v) is 6.21. The van der Waals surface area contributed by atoms with Gasteiger partial charge in [0.15, 0.2) is 5.69 Å². The number of aromatic nitrogens is 1. The van der Waals surface area contributed by atoms with Crippen LogP contribution in [0, 0.1) is 12.7 Å². The molecule has 8 heteroatoms. The number of nitrogens with zero attached hydrogens (tertiary/aromatic N) is 1. The second kappa shape index (κ2) is 7.76. The lowest BCUT2D eigenvalue weighted by Crippen LogP contribution is -2.15. The van der Waals surface area contributed by atoms with E-state index in [1.54, 1.807) is 19.1 Å². The molecule has 1 N–H and O–H groups in total. The maximum absolute atomic E-state index is 12.9. The van der Waals surface area contributed by atoms with Gasteiger partial charge in [-0.15, -0.1) is 0 Å². The van der Waals surface area contributed by atoms with Crippen LogP contribution in [0.2, 0.25) is 10.0 Å². The quantitative estimate of drug-likeness (QED) is 0.640. The number of carbonyl (C=O) groups is 1. The van der Waals surface area contributed by atoms with Crippen LogP contribution in [-0.4, -0.2) is 11.1 Å². The van der Waals surface area contributed by atoms with Gasteiger partial charge in [0, 0.05) is 5.69 Å². The van der Waals surface area contributed by atoms with E-state index in [0.717, 1.165) is 0 Å². The Balaban J connectivity index is 1.74. The molecular formula is C18H13Cl2FN2O3. The van der Waals surface area contributed by atoms with Crippen LogP contribution in [0.4, 0.5) is 10.1 Å². The van der Waals surface area contributed by atoms with Crippen molar-refractivity contribution >= 4 is 34.8 Å². The van der Waals surface area contributed by atoms with Gasteiger partial charge in [0.05, 0.1) is 15.6 Å². The number of benzene rings is 2. The summed E-state index contributed by atoms with van der Waals surface area (Å²) in [6.07, 6.45) is 0. The summed E-state index contributed by atoms with van der Waals surface area (Å²) in [5, 5.41) is 7.17. The number of ether oxygens (including phenoxy) is 1. The summed E-state index contributed by atoms with van der Waals surface area (Å²) in [5.74, 6) is 0.0763. The molecule has 0 radical (unpaired) electrons. The van der Waals surface area contributed by atoms with E-state index in [4.69, 9.17) is 32.5 Å². The van der Waals surface area contributed by atoms with Gasteiger partial charge in [-0.3, -0.25) is 4.79 Å². The van der Waals surface area contributed by atoms with E-state index in [9.17, 15) is 9.18 Å². The van der Waals surface area contributed by atoms with Crippen molar-refractivity contribution in [3.8, 4) is 5.75 Å². The molecule has 3 rings (SSSR count). The van der Waals surface area contributed by atoms with Gasteiger partial charge in [-0.2, -0.15) is 0 Å². The van der Waals surface area contributed by atoms with Crippen molar-refractivity contribution in [2.24, 2.45) is 0 Å². The average molecular weight is 395 g/mol. The molecule has 134 valence electrons. The summed E-state index contributed by atoms with van der Waals surface area (Å²) in [6.45, 7) is 1.72. The third kappa shape index (κ3) is 4.15. The number of anilines is 1. The number of hydrogen-bond donors (Lipinski definition) is 1. The minimum atomic E-state index is -0.474. The first-order chi connectivity index (χ1) is 12.4. The highest BCUT2D eigenvalue weighted by molar-refractivity contribution is 6.42. The van der Waals surface area contributed by atoms with Crippen molar-refractivity contribution in [1.82, 2.24) is 5.16 Å². The van der Waals surface area contributed by atoms with E-state index in [1.165, 1.54) is 30.3 Å². The number of rotatable bonds is 5. The van der Waals surface area contributed by atoms with Crippen LogP contribution in [0.3, 0.4) is 0 Å². The summed E-state index contributed by atoms with van der Waals surface area (Å²) in [6, 6.07) is 10.3. The molecule has 26 heavy (non-hydrogen) atoms. The maximum atomic E-state index is 12.9.